The first-order valence-corrected chi connectivity index (χ1v) is 12.3. The first-order chi connectivity index (χ1) is 19.2. The Morgan fingerprint density at radius 3 is 2.27 bits per heavy atom. The molecule has 3 aromatic carbocycles. The number of hydrogen-bond acceptors (Lipinski definition) is 9. The summed E-state index contributed by atoms with van der Waals surface area (Å²) in [7, 11) is 2.92. The number of anilines is 1. The summed E-state index contributed by atoms with van der Waals surface area (Å²) in [6, 6.07) is 14.5. The number of carbonyl (C=O) groups excluding carboxylic acids is 1. The molecule has 0 atom stereocenters. The zero-order valence-corrected chi connectivity index (χ0v) is 21.2. The maximum absolute atomic E-state index is 13.5. The van der Waals surface area contributed by atoms with E-state index in [1.807, 2.05) is 0 Å². The van der Waals surface area contributed by atoms with E-state index < -0.39 is 22.8 Å². The number of benzene rings is 3. The van der Waals surface area contributed by atoms with E-state index in [0.717, 1.165) is 4.57 Å². The van der Waals surface area contributed by atoms with Crippen molar-refractivity contribution in [2.24, 2.45) is 14.1 Å². The van der Waals surface area contributed by atoms with Crippen LogP contribution in [-0.2, 0) is 31.0 Å². The number of nitrogens with zero attached hydrogens (tertiary/aromatic N) is 3. The third kappa shape index (κ3) is 3.06. The number of aryl methyl sites for hydroxylation is 1. The number of hydrogen-bond donors (Lipinski definition) is 4. The van der Waals surface area contributed by atoms with Gasteiger partial charge in [0.2, 0.25) is 5.95 Å². The van der Waals surface area contributed by atoms with Crippen LogP contribution >= 0.6 is 0 Å². The van der Waals surface area contributed by atoms with Gasteiger partial charge in [-0.3, -0.25) is 13.9 Å². The van der Waals surface area contributed by atoms with Crippen molar-refractivity contribution in [3.05, 3.63) is 103 Å². The van der Waals surface area contributed by atoms with Gasteiger partial charge < -0.3 is 30.0 Å². The fourth-order valence-corrected chi connectivity index (χ4v) is 5.55. The molecule has 4 N–H and O–H groups in total. The lowest BCUT2D eigenvalue weighted by Gasteiger charge is -2.36. The van der Waals surface area contributed by atoms with Gasteiger partial charge in [-0.2, -0.15) is 4.98 Å². The van der Waals surface area contributed by atoms with Crippen molar-refractivity contribution < 1.29 is 24.5 Å². The topological polar surface area (TPSA) is 161 Å². The molecular weight excluding hydrogens is 518 g/mol. The van der Waals surface area contributed by atoms with E-state index in [1.54, 1.807) is 30.3 Å². The standard InChI is InChI=1S/C28H21N5O7/c1-32-23-22(24(36)33(2)27(32)38)30-26(31-23)29-12-13-4-3-5-18-21(13)25(37)40-28(18)16-8-6-14(34)10-19(16)39-20-11-15(35)7-9-17(20)28/h3-11,34-35H,12H2,1-2H3,(H2,29,30,31). The largest absolute Gasteiger partial charge is 0.508 e. The van der Waals surface area contributed by atoms with Gasteiger partial charge in [0.15, 0.2) is 16.8 Å². The van der Waals surface area contributed by atoms with Crippen LogP contribution in [0.1, 0.15) is 32.6 Å². The van der Waals surface area contributed by atoms with E-state index in [1.165, 1.54) is 42.9 Å². The summed E-state index contributed by atoms with van der Waals surface area (Å²) in [5, 5.41) is 23.3. The molecule has 200 valence electrons. The Bertz CT molecular complexity index is 1990. The zero-order chi connectivity index (χ0) is 27.9. The lowest BCUT2D eigenvalue weighted by atomic mass is 9.77. The number of carbonyl (C=O) groups is 1. The predicted octanol–water partition coefficient (Wildman–Crippen LogP) is 2.55. The molecule has 0 saturated carbocycles. The van der Waals surface area contributed by atoms with Gasteiger partial charge >= 0.3 is 11.7 Å². The number of ether oxygens (including phenoxy) is 2. The van der Waals surface area contributed by atoms with Crippen LogP contribution in [0.3, 0.4) is 0 Å². The molecule has 0 unspecified atom stereocenters. The molecule has 2 aliphatic heterocycles. The van der Waals surface area contributed by atoms with Crippen molar-refractivity contribution >= 4 is 23.1 Å². The van der Waals surface area contributed by atoms with Gasteiger partial charge in [-0.25, -0.2) is 9.59 Å². The van der Waals surface area contributed by atoms with Gasteiger partial charge in [-0.05, 0) is 29.8 Å². The summed E-state index contributed by atoms with van der Waals surface area (Å²) in [6.45, 7) is 0.143. The van der Waals surface area contributed by atoms with Gasteiger partial charge in [0, 0.05) is 49.5 Å². The lowest BCUT2D eigenvalue weighted by Crippen LogP contribution is -2.36. The highest BCUT2D eigenvalue weighted by Gasteiger charge is 2.54. The average Bonchev–Trinajstić information content (AvgIpc) is 3.49. The second-order valence-electron chi connectivity index (χ2n) is 9.72. The second-order valence-corrected chi connectivity index (χ2v) is 9.72. The van der Waals surface area contributed by atoms with E-state index in [0.29, 0.717) is 27.8 Å². The minimum Gasteiger partial charge on any atom is -0.508 e. The molecule has 0 bridgehead atoms. The van der Waals surface area contributed by atoms with E-state index >= 15 is 0 Å². The van der Waals surface area contributed by atoms with Crippen molar-refractivity contribution in [1.82, 2.24) is 19.1 Å². The number of aromatic nitrogens is 4. The molecule has 12 heteroatoms. The normalized spacial score (nSPS) is 14.4. The van der Waals surface area contributed by atoms with Crippen molar-refractivity contribution in [2.75, 3.05) is 5.32 Å². The molecule has 2 aromatic heterocycles. The summed E-state index contributed by atoms with van der Waals surface area (Å²) < 4.78 is 14.4. The number of esters is 1. The molecule has 12 nitrogen and oxygen atoms in total. The highest BCUT2D eigenvalue weighted by molar-refractivity contribution is 5.98. The number of rotatable bonds is 3. The van der Waals surface area contributed by atoms with Gasteiger partial charge in [0.1, 0.15) is 23.0 Å². The van der Waals surface area contributed by atoms with E-state index in [2.05, 4.69) is 15.3 Å². The van der Waals surface area contributed by atoms with Crippen molar-refractivity contribution in [2.45, 2.75) is 12.1 Å². The molecule has 2 aliphatic rings. The summed E-state index contributed by atoms with van der Waals surface area (Å²) in [5.41, 5.74) is 0.561. The number of phenols is 2. The van der Waals surface area contributed by atoms with Crippen molar-refractivity contribution in [3.63, 3.8) is 0 Å². The van der Waals surface area contributed by atoms with Crippen LogP contribution in [0.15, 0.2) is 64.2 Å². The Morgan fingerprint density at radius 1 is 0.925 bits per heavy atom. The average molecular weight is 540 g/mol. The molecule has 7 rings (SSSR count). The zero-order valence-electron chi connectivity index (χ0n) is 21.2. The van der Waals surface area contributed by atoms with Crippen molar-refractivity contribution in [1.29, 1.82) is 0 Å². The van der Waals surface area contributed by atoms with Crippen LogP contribution in [0.25, 0.3) is 11.2 Å². The molecule has 0 aliphatic carbocycles. The fraction of sp³-hybridized carbons (Fsp3) is 0.143. The van der Waals surface area contributed by atoms with Gasteiger partial charge in [-0.15, -0.1) is 0 Å². The van der Waals surface area contributed by atoms with E-state index in [4.69, 9.17) is 9.47 Å². The Morgan fingerprint density at radius 2 is 1.60 bits per heavy atom. The van der Waals surface area contributed by atoms with Gasteiger partial charge in [0.05, 0.1) is 5.56 Å². The maximum Gasteiger partial charge on any atom is 0.340 e. The molecule has 5 aromatic rings. The Hall–Kier alpha value is -5.52. The molecular formula is C28H21N5O7. The Kier molecular flexibility index (Phi) is 4.71. The lowest BCUT2D eigenvalue weighted by molar-refractivity contribution is 0.0224. The highest BCUT2D eigenvalue weighted by Crippen LogP contribution is 2.57. The Labute approximate surface area is 224 Å². The van der Waals surface area contributed by atoms with Gasteiger partial charge in [-0.1, -0.05) is 18.2 Å². The van der Waals surface area contributed by atoms with E-state index in [-0.39, 0.29) is 46.7 Å². The SMILES string of the molecule is Cn1c(=O)c2[nH]c(NCc3cccc4c3C(=O)OC43c4ccc(O)cc4Oc4cc(O)ccc43)nc2n(C)c1=O. The van der Waals surface area contributed by atoms with Crippen LogP contribution in [-0.4, -0.2) is 35.3 Å². The third-order valence-corrected chi connectivity index (χ3v) is 7.43. The molecule has 0 saturated heterocycles. The van der Waals surface area contributed by atoms with E-state index in [9.17, 15) is 24.6 Å². The second kappa shape index (κ2) is 7.99. The summed E-state index contributed by atoms with van der Waals surface area (Å²) in [5.74, 6) is 0.206. The highest BCUT2D eigenvalue weighted by atomic mass is 16.6. The molecule has 0 fully saturated rings. The number of nitrogens with one attached hydrogen (secondary N) is 2. The fourth-order valence-electron chi connectivity index (χ4n) is 5.55. The quantitative estimate of drug-likeness (QED) is 0.253. The minimum absolute atomic E-state index is 0.0295. The maximum atomic E-state index is 13.5. The summed E-state index contributed by atoms with van der Waals surface area (Å²) in [4.78, 5) is 45.6. The van der Waals surface area contributed by atoms with Crippen molar-refractivity contribution in [3.8, 4) is 23.0 Å². The first kappa shape index (κ1) is 23.6. The number of phenolic OH excluding ortho intramolecular Hbond substituents is 2. The molecule has 0 amide bonds. The van der Waals surface area contributed by atoms with Gasteiger partial charge in [0.25, 0.3) is 5.56 Å². The summed E-state index contributed by atoms with van der Waals surface area (Å²) in [6.07, 6.45) is 0. The monoisotopic (exact) mass is 539 g/mol. The molecule has 40 heavy (non-hydrogen) atoms. The number of aromatic hydroxyl groups is 2. The summed E-state index contributed by atoms with van der Waals surface area (Å²) >= 11 is 0. The van der Waals surface area contributed by atoms with Crippen LogP contribution in [0.2, 0.25) is 0 Å². The first-order valence-electron chi connectivity index (χ1n) is 12.3. The number of imidazole rings is 1. The molecule has 1 spiro atoms. The molecule has 0 radical (unpaired) electrons. The van der Waals surface area contributed by atoms with Crippen LogP contribution < -0.4 is 21.3 Å². The number of H-pyrrole nitrogens is 1. The third-order valence-electron chi connectivity index (χ3n) is 7.43. The number of aromatic amines is 1. The van der Waals surface area contributed by atoms with Crippen LogP contribution in [0, 0.1) is 0 Å². The predicted molar refractivity (Wildman–Crippen MR) is 142 cm³/mol. The van der Waals surface area contributed by atoms with Crippen LogP contribution in [0.5, 0.6) is 23.0 Å². The molecule has 4 heterocycles. The van der Waals surface area contributed by atoms with Crippen LogP contribution in [0.4, 0.5) is 5.95 Å². The minimum atomic E-state index is -1.38. The number of fused-ring (bicyclic) bond motifs is 7. The smallest absolute Gasteiger partial charge is 0.340 e. The Balaban J connectivity index is 1.34.